The van der Waals surface area contributed by atoms with Gasteiger partial charge in [-0.3, -0.25) is 10.1 Å². The van der Waals surface area contributed by atoms with Crippen LogP contribution in [0.3, 0.4) is 0 Å². The van der Waals surface area contributed by atoms with E-state index in [1.54, 1.807) is 0 Å². The highest BCUT2D eigenvalue weighted by atomic mass is 32.2. The molecule has 0 bridgehead atoms. The SMILES string of the molecule is COc1ccc([N+](=O)[O-])cc1S(=O)(=O)NC(CN)C1CCCC1. The molecule has 1 aliphatic carbocycles. The summed E-state index contributed by atoms with van der Waals surface area (Å²) in [6.45, 7) is 0.182. The predicted molar refractivity (Wildman–Crippen MR) is 84.8 cm³/mol. The minimum Gasteiger partial charge on any atom is -0.495 e. The van der Waals surface area contributed by atoms with Gasteiger partial charge < -0.3 is 10.5 Å². The van der Waals surface area contributed by atoms with E-state index in [1.165, 1.54) is 19.2 Å². The zero-order valence-electron chi connectivity index (χ0n) is 12.9. The molecule has 0 heterocycles. The fraction of sp³-hybridized carbons (Fsp3) is 0.571. The monoisotopic (exact) mass is 343 g/mol. The van der Waals surface area contributed by atoms with Crippen molar-refractivity contribution in [2.24, 2.45) is 11.7 Å². The van der Waals surface area contributed by atoms with E-state index in [9.17, 15) is 18.5 Å². The number of nitro benzene ring substituents is 1. The Bertz CT molecular complexity index is 671. The number of hydrogen-bond donors (Lipinski definition) is 2. The lowest BCUT2D eigenvalue weighted by atomic mass is 9.99. The molecule has 0 amide bonds. The molecule has 23 heavy (non-hydrogen) atoms. The quantitative estimate of drug-likeness (QED) is 0.569. The largest absolute Gasteiger partial charge is 0.495 e. The standard InChI is InChI=1S/C14H21N3O5S/c1-22-13-7-6-11(17(18)19)8-14(13)23(20,21)16-12(9-15)10-4-2-3-5-10/h6-8,10,12,16H,2-5,9,15H2,1H3. The van der Waals surface area contributed by atoms with Crippen molar-refractivity contribution in [3.8, 4) is 5.75 Å². The van der Waals surface area contributed by atoms with Crippen LogP contribution < -0.4 is 15.2 Å². The number of sulfonamides is 1. The smallest absolute Gasteiger partial charge is 0.271 e. The maximum atomic E-state index is 12.6. The molecule has 1 unspecified atom stereocenters. The Morgan fingerprint density at radius 2 is 2.09 bits per heavy atom. The topological polar surface area (TPSA) is 125 Å². The fourth-order valence-electron chi connectivity index (χ4n) is 2.95. The van der Waals surface area contributed by atoms with Gasteiger partial charge in [-0.1, -0.05) is 12.8 Å². The molecule has 128 valence electrons. The maximum Gasteiger partial charge on any atom is 0.271 e. The Morgan fingerprint density at radius 3 is 2.61 bits per heavy atom. The van der Waals surface area contributed by atoms with Crippen LogP contribution >= 0.6 is 0 Å². The average Bonchev–Trinajstić information content (AvgIpc) is 3.06. The molecule has 1 aromatic carbocycles. The first-order chi connectivity index (χ1) is 10.9. The molecule has 0 spiro atoms. The lowest BCUT2D eigenvalue weighted by Crippen LogP contribution is -2.44. The summed E-state index contributed by atoms with van der Waals surface area (Å²) in [5.74, 6) is 0.254. The summed E-state index contributed by atoms with van der Waals surface area (Å²) in [6.07, 6.45) is 3.97. The first-order valence-corrected chi connectivity index (χ1v) is 8.92. The summed E-state index contributed by atoms with van der Waals surface area (Å²) in [5, 5.41) is 10.9. The number of nitro groups is 1. The van der Waals surface area contributed by atoms with Gasteiger partial charge in [-0.15, -0.1) is 0 Å². The maximum absolute atomic E-state index is 12.6. The lowest BCUT2D eigenvalue weighted by Gasteiger charge is -2.23. The van der Waals surface area contributed by atoms with Crippen molar-refractivity contribution in [2.75, 3.05) is 13.7 Å². The molecule has 9 heteroatoms. The molecule has 0 aliphatic heterocycles. The van der Waals surface area contributed by atoms with Gasteiger partial charge in [0.2, 0.25) is 10.0 Å². The molecule has 1 fully saturated rings. The van der Waals surface area contributed by atoms with Crippen molar-refractivity contribution in [3.63, 3.8) is 0 Å². The van der Waals surface area contributed by atoms with Crippen LogP contribution in [0.25, 0.3) is 0 Å². The second-order valence-electron chi connectivity index (χ2n) is 5.60. The summed E-state index contributed by atoms with van der Waals surface area (Å²) >= 11 is 0. The minimum atomic E-state index is -3.97. The van der Waals surface area contributed by atoms with E-state index in [1.807, 2.05) is 0 Å². The molecular formula is C14H21N3O5S. The number of methoxy groups -OCH3 is 1. The molecule has 1 aromatic rings. The van der Waals surface area contributed by atoms with Crippen LogP contribution in [-0.2, 0) is 10.0 Å². The lowest BCUT2D eigenvalue weighted by molar-refractivity contribution is -0.385. The number of nitrogens with two attached hydrogens (primary N) is 1. The fourth-order valence-corrected chi connectivity index (χ4v) is 4.45. The zero-order valence-corrected chi connectivity index (χ0v) is 13.7. The van der Waals surface area contributed by atoms with E-state index < -0.39 is 14.9 Å². The van der Waals surface area contributed by atoms with Crippen LogP contribution in [0.15, 0.2) is 23.1 Å². The van der Waals surface area contributed by atoms with Gasteiger partial charge >= 0.3 is 0 Å². The number of rotatable bonds is 7. The van der Waals surface area contributed by atoms with Crippen molar-refractivity contribution < 1.29 is 18.1 Å². The number of benzene rings is 1. The Hall–Kier alpha value is -1.71. The van der Waals surface area contributed by atoms with Crippen LogP contribution in [0.5, 0.6) is 5.75 Å². The van der Waals surface area contributed by atoms with Gasteiger partial charge in [0.05, 0.1) is 12.0 Å². The second kappa shape index (κ2) is 7.24. The van der Waals surface area contributed by atoms with Crippen molar-refractivity contribution in [1.29, 1.82) is 0 Å². The van der Waals surface area contributed by atoms with Crippen molar-refractivity contribution in [3.05, 3.63) is 28.3 Å². The molecule has 1 aliphatic rings. The molecule has 1 atom stereocenters. The Balaban J connectivity index is 2.33. The zero-order chi connectivity index (χ0) is 17.0. The van der Waals surface area contributed by atoms with Crippen LogP contribution in [-0.4, -0.2) is 33.0 Å². The molecule has 1 saturated carbocycles. The van der Waals surface area contributed by atoms with Crippen molar-refractivity contribution >= 4 is 15.7 Å². The van der Waals surface area contributed by atoms with E-state index in [2.05, 4.69) is 4.72 Å². The number of hydrogen-bond acceptors (Lipinski definition) is 6. The third-order valence-corrected chi connectivity index (χ3v) is 5.69. The number of non-ortho nitro benzene ring substituents is 1. The third kappa shape index (κ3) is 3.98. The van der Waals surface area contributed by atoms with Crippen molar-refractivity contribution in [2.45, 2.75) is 36.6 Å². The van der Waals surface area contributed by atoms with Gasteiger partial charge in [-0.05, 0) is 24.8 Å². The summed E-state index contributed by atoms with van der Waals surface area (Å²) in [6, 6.07) is 3.10. The van der Waals surface area contributed by atoms with Crippen LogP contribution in [0.4, 0.5) is 5.69 Å². The van der Waals surface area contributed by atoms with Gasteiger partial charge in [0.1, 0.15) is 10.6 Å². The van der Waals surface area contributed by atoms with Gasteiger partial charge in [0, 0.05) is 24.7 Å². The normalized spacial score (nSPS) is 17.1. The molecular weight excluding hydrogens is 322 g/mol. The van der Waals surface area contributed by atoms with E-state index in [0.29, 0.717) is 0 Å². The van der Waals surface area contributed by atoms with E-state index in [4.69, 9.17) is 10.5 Å². The van der Waals surface area contributed by atoms with Gasteiger partial charge in [0.15, 0.2) is 0 Å². The minimum absolute atomic E-state index is 0.0605. The highest BCUT2D eigenvalue weighted by molar-refractivity contribution is 7.89. The summed E-state index contributed by atoms with van der Waals surface area (Å²) in [5.41, 5.74) is 5.41. The average molecular weight is 343 g/mol. The summed E-state index contributed by atoms with van der Waals surface area (Å²) in [4.78, 5) is 10.0. The Labute approximate surface area is 135 Å². The second-order valence-corrected chi connectivity index (χ2v) is 7.28. The number of nitrogens with zero attached hydrogens (tertiary/aromatic N) is 1. The van der Waals surface area contributed by atoms with Crippen LogP contribution in [0, 0.1) is 16.0 Å². The van der Waals surface area contributed by atoms with E-state index >= 15 is 0 Å². The molecule has 3 N–H and O–H groups in total. The van der Waals surface area contributed by atoms with E-state index in [-0.39, 0.29) is 34.8 Å². The Kier molecular flexibility index (Phi) is 5.55. The highest BCUT2D eigenvalue weighted by Gasteiger charge is 2.30. The summed E-state index contributed by atoms with van der Waals surface area (Å²) < 4.78 is 32.9. The molecule has 8 nitrogen and oxygen atoms in total. The number of ether oxygens (including phenoxy) is 1. The Morgan fingerprint density at radius 1 is 1.43 bits per heavy atom. The first-order valence-electron chi connectivity index (χ1n) is 7.44. The molecule has 2 rings (SSSR count). The molecule has 0 aromatic heterocycles. The van der Waals surface area contributed by atoms with E-state index in [0.717, 1.165) is 31.7 Å². The van der Waals surface area contributed by atoms with Crippen LogP contribution in [0.1, 0.15) is 25.7 Å². The highest BCUT2D eigenvalue weighted by Crippen LogP contribution is 2.31. The van der Waals surface area contributed by atoms with Gasteiger partial charge in [0.25, 0.3) is 5.69 Å². The van der Waals surface area contributed by atoms with Crippen LogP contribution in [0.2, 0.25) is 0 Å². The summed E-state index contributed by atoms with van der Waals surface area (Å²) in [7, 11) is -2.65. The first kappa shape index (κ1) is 17.6. The van der Waals surface area contributed by atoms with Crippen molar-refractivity contribution in [1.82, 2.24) is 4.72 Å². The molecule has 0 saturated heterocycles. The third-order valence-electron chi connectivity index (χ3n) is 4.18. The number of nitrogens with one attached hydrogen (secondary N) is 1. The predicted octanol–water partition coefficient (Wildman–Crippen LogP) is 1.40. The van der Waals surface area contributed by atoms with Gasteiger partial charge in [-0.2, -0.15) is 0 Å². The molecule has 0 radical (unpaired) electrons. The van der Waals surface area contributed by atoms with Gasteiger partial charge in [-0.25, -0.2) is 13.1 Å².